The fourth-order valence-electron chi connectivity index (χ4n) is 3.43. The molecule has 4 nitrogen and oxygen atoms in total. The van der Waals surface area contributed by atoms with Crippen LogP contribution in [0.4, 0.5) is 0 Å². The SMILES string of the molecule is CCC1(CC(=O)O)CCC(=O)c2c1[nH]c1cccc(Cl)c21. The quantitative estimate of drug-likeness (QED) is 0.903. The van der Waals surface area contributed by atoms with E-state index in [-0.39, 0.29) is 12.2 Å². The number of H-pyrrole nitrogens is 1. The number of rotatable bonds is 3. The maximum Gasteiger partial charge on any atom is 0.304 e. The maximum absolute atomic E-state index is 12.4. The summed E-state index contributed by atoms with van der Waals surface area (Å²) in [4.78, 5) is 26.9. The number of carbonyl (C=O) groups excluding carboxylic acids is 1. The highest BCUT2D eigenvalue weighted by atomic mass is 35.5. The average molecular weight is 306 g/mol. The second-order valence-electron chi connectivity index (χ2n) is 5.66. The van der Waals surface area contributed by atoms with Crippen LogP contribution < -0.4 is 0 Å². The number of halogens is 1. The van der Waals surface area contributed by atoms with Crippen molar-refractivity contribution in [2.45, 2.75) is 38.0 Å². The minimum atomic E-state index is -0.845. The van der Waals surface area contributed by atoms with Crippen molar-refractivity contribution in [3.8, 4) is 0 Å². The van der Waals surface area contributed by atoms with Gasteiger partial charge in [0.1, 0.15) is 0 Å². The Labute approximate surface area is 127 Å². The van der Waals surface area contributed by atoms with Gasteiger partial charge >= 0.3 is 5.97 Å². The van der Waals surface area contributed by atoms with Crippen LogP contribution in [0.15, 0.2) is 18.2 Å². The lowest BCUT2D eigenvalue weighted by molar-refractivity contribution is -0.138. The van der Waals surface area contributed by atoms with Crippen molar-refractivity contribution in [3.63, 3.8) is 0 Å². The first-order valence-corrected chi connectivity index (χ1v) is 7.42. The van der Waals surface area contributed by atoms with Crippen LogP contribution in [0, 0.1) is 0 Å². The van der Waals surface area contributed by atoms with Gasteiger partial charge in [-0.25, -0.2) is 0 Å². The molecule has 0 bridgehead atoms. The summed E-state index contributed by atoms with van der Waals surface area (Å²) in [5.74, 6) is -0.805. The van der Waals surface area contributed by atoms with Crippen molar-refractivity contribution >= 4 is 34.3 Å². The first-order chi connectivity index (χ1) is 9.98. The smallest absolute Gasteiger partial charge is 0.304 e. The number of carboxylic acids is 1. The topological polar surface area (TPSA) is 70.2 Å². The Morgan fingerprint density at radius 3 is 2.90 bits per heavy atom. The Hall–Kier alpha value is -1.81. The van der Waals surface area contributed by atoms with Crippen molar-refractivity contribution in [2.24, 2.45) is 0 Å². The van der Waals surface area contributed by atoms with E-state index in [1.165, 1.54) is 0 Å². The van der Waals surface area contributed by atoms with Gasteiger partial charge in [-0.3, -0.25) is 9.59 Å². The third-order valence-corrected chi connectivity index (χ3v) is 4.89. The predicted octanol–water partition coefficient (Wildman–Crippen LogP) is 3.92. The van der Waals surface area contributed by atoms with Gasteiger partial charge in [-0.2, -0.15) is 0 Å². The summed E-state index contributed by atoms with van der Waals surface area (Å²) in [5, 5.41) is 10.5. The fourth-order valence-corrected chi connectivity index (χ4v) is 3.70. The van der Waals surface area contributed by atoms with Crippen molar-refractivity contribution < 1.29 is 14.7 Å². The van der Waals surface area contributed by atoms with Gasteiger partial charge in [0, 0.05) is 34.0 Å². The highest BCUT2D eigenvalue weighted by molar-refractivity contribution is 6.37. The monoisotopic (exact) mass is 305 g/mol. The first kappa shape index (κ1) is 14.1. The number of carboxylic acid groups (broad SMARTS) is 1. The number of aromatic amines is 1. The van der Waals surface area contributed by atoms with Crippen LogP contribution in [0.25, 0.3) is 10.9 Å². The zero-order valence-electron chi connectivity index (χ0n) is 11.7. The lowest BCUT2D eigenvalue weighted by Gasteiger charge is -2.34. The summed E-state index contributed by atoms with van der Waals surface area (Å²) in [7, 11) is 0. The molecule has 1 aromatic carbocycles. The molecule has 0 amide bonds. The van der Waals surface area contributed by atoms with Crippen LogP contribution in [0.5, 0.6) is 0 Å². The van der Waals surface area contributed by atoms with Crippen molar-refractivity contribution in [3.05, 3.63) is 34.5 Å². The summed E-state index contributed by atoms with van der Waals surface area (Å²) in [6.45, 7) is 1.97. The molecule has 3 rings (SSSR count). The molecule has 1 aliphatic rings. The Balaban J connectivity index is 2.32. The number of nitrogens with one attached hydrogen (secondary N) is 1. The molecule has 1 aromatic heterocycles. The van der Waals surface area contributed by atoms with E-state index in [0.29, 0.717) is 29.8 Å². The molecule has 0 saturated heterocycles. The molecule has 1 aliphatic carbocycles. The Morgan fingerprint density at radius 2 is 2.24 bits per heavy atom. The summed E-state index contributed by atoms with van der Waals surface area (Å²) in [5.41, 5.74) is 1.61. The van der Waals surface area contributed by atoms with Crippen molar-refractivity contribution in [2.75, 3.05) is 0 Å². The number of hydrogen-bond donors (Lipinski definition) is 2. The number of aliphatic carboxylic acids is 1. The molecule has 110 valence electrons. The molecule has 0 radical (unpaired) electrons. The number of fused-ring (bicyclic) bond motifs is 3. The van der Waals surface area contributed by atoms with Gasteiger partial charge in [-0.05, 0) is 25.0 Å². The number of carbonyl (C=O) groups is 2. The number of ketones is 1. The minimum Gasteiger partial charge on any atom is -0.481 e. The van der Waals surface area contributed by atoms with E-state index in [4.69, 9.17) is 11.6 Å². The normalized spacial score (nSPS) is 21.5. The Morgan fingerprint density at radius 1 is 1.48 bits per heavy atom. The van der Waals surface area contributed by atoms with Gasteiger partial charge in [0.15, 0.2) is 5.78 Å². The molecule has 21 heavy (non-hydrogen) atoms. The molecule has 1 heterocycles. The first-order valence-electron chi connectivity index (χ1n) is 7.04. The Bertz CT molecular complexity index is 749. The van der Waals surface area contributed by atoms with Crippen LogP contribution in [0.3, 0.4) is 0 Å². The lowest BCUT2D eigenvalue weighted by Crippen LogP contribution is -2.35. The Kier molecular flexibility index (Phi) is 3.29. The summed E-state index contributed by atoms with van der Waals surface area (Å²) in [6.07, 6.45) is 1.62. The lowest BCUT2D eigenvalue weighted by atomic mass is 9.69. The molecule has 0 fully saturated rings. The molecule has 0 saturated carbocycles. The molecular formula is C16H16ClNO3. The van der Waals surface area contributed by atoms with E-state index in [2.05, 4.69) is 4.98 Å². The average Bonchev–Trinajstić information content (AvgIpc) is 2.84. The van der Waals surface area contributed by atoms with E-state index in [0.717, 1.165) is 16.6 Å². The van der Waals surface area contributed by atoms with E-state index in [1.807, 2.05) is 19.1 Å². The maximum atomic E-state index is 12.4. The molecule has 2 aromatic rings. The number of aromatic nitrogens is 1. The minimum absolute atomic E-state index is 0.0220. The van der Waals surface area contributed by atoms with Crippen LogP contribution >= 0.6 is 11.6 Å². The van der Waals surface area contributed by atoms with Crippen LogP contribution in [-0.2, 0) is 10.2 Å². The number of benzene rings is 1. The van der Waals surface area contributed by atoms with E-state index >= 15 is 0 Å². The van der Waals surface area contributed by atoms with Crippen molar-refractivity contribution in [1.82, 2.24) is 4.98 Å². The highest BCUT2D eigenvalue weighted by Gasteiger charge is 2.42. The van der Waals surface area contributed by atoms with Crippen LogP contribution in [0.2, 0.25) is 5.02 Å². The van der Waals surface area contributed by atoms with E-state index in [9.17, 15) is 14.7 Å². The third-order valence-electron chi connectivity index (χ3n) is 4.58. The van der Waals surface area contributed by atoms with E-state index < -0.39 is 11.4 Å². The molecule has 1 atom stereocenters. The number of Topliss-reactive ketones (excluding diaryl/α,β-unsaturated/α-hetero) is 1. The summed E-state index contributed by atoms with van der Waals surface area (Å²) in [6, 6.07) is 5.45. The standard InChI is InChI=1S/C16H16ClNO3/c1-2-16(8-12(20)21)7-6-11(19)14-13-9(17)4-3-5-10(13)18-15(14)16/h3-5,18H,2,6-8H2,1H3,(H,20,21). The van der Waals surface area contributed by atoms with Gasteiger partial charge in [0.25, 0.3) is 0 Å². The summed E-state index contributed by atoms with van der Waals surface area (Å²) >= 11 is 6.25. The zero-order valence-corrected chi connectivity index (χ0v) is 12.5. The highest BCUT2D eigenvalue weighted by Crippen LogP contribution is 2.45. The van der Waals surface area contributed by atoms with Gasteiger partial charge in [-0.15, -0.1) is 0 Å². The third kappa shape index (κ3) is 2.05. The zero-order chi connectivity index (χ0) is 15.2. The van der Waals surface area contributed by atoms with Gasteiger partial charge in [-0.1, -0.05) is 24.6 Å². The molecule has 2 N–H and O–H groups in total. The molecule has 5 heteroatoms. The molecular weight excluding hydrogens is 290 g/mol. The van der Waals surface area contributed by atoms with Crippen LogP contribution in [0.1, 0.15) is 48.7 Å². The van der Waals surface area contributed by atoms with E-state index in [1.54, 1.807) is 6.07 Å². The van der Waals surface area contributed by atoms with Gasteiger partial charge < -0.3 is 10.1 Å². The second kappa shape index (κ2) is 4.88. The molecule has 0 aliphatic heterocycles. The van der Waals surface area contributed by atoms with Crippen molar-refractivity contribution in [1.29, 1.82) is 0 Å². The summed E-state index contributed by atoms with van der Waals surface area (Å²) < 4.78 is 0. The fraction of sp³-hybridized carbons (Fsp3) is 0.375. The van der Waals surface area contributed by atoms with Gasteiger partial charge in [0.05, 0.1) is 11.4 Å². The largest absolute Gasteiger partial charge is 0.481 e. The second-order valence-corrected chi connectivity index (χ2v) is 6.07. The van der Waals surface area contributed by atoms with Crippen LogP contribution in [-0.4, -0.2) is 21.8 Å². The molecule has 0 spiro atoms. The van der Waals surface area contributed by atoms with Gasteiger partial charge in [0.2, 0.25) is 0 Å². The molecule has 1 unspecified atom stereocenters. The predicted molar refractivity (Wildman–Crippen MR) is 81.1 cm³/mol. The number of hydrogen-bond acceptors (Lipinski definition) is 2.